The summed E-state index contributed by atoms with van der Waals surface area (Å²) in [6.45, 7) is 0. The van der Waals surface area contributed by atoms with Gasteiger partial charge in [0.25, 0.3) is 0 Å². The van der Waals surface area contributed by atoms with Crippen LogP contribution in [0.25, 0.3) is 100.0 Å². The Morgan fingerprint density at radius 1 is 0.321 bits per heavy atom. The van der Waals surface area contributed by atoms with Gasteiger partial charge < -0.3 is 4.42 Å². The molecule has 0 bridgehead atoms. The molecule has 0 aliphatic heterocycles. The third kappa shape index (κ3) is 5.54. The van der Waals surface area contributed by atoms with Crippen LogP contribution in [0.5, 0.6) is 0 Å². The van der Waals surface area contributed by atoms with Gasteiger partial charge in [0.15, 0.2) is 0 Å². The van der Waals surface area contributed by atoms with Gasteiger partial charge in [-0.15, -0.1) is 0 Å². The molecule has 6 aromatic carbocycles. The van der Waals surface area contributed by atoms with E-state index in [9.17, 15) is 0 Å². The minimum absolute atomic E-state index is 0.809. The fourth-order valence-electron chi connectivity index (χ4n) is 7.43. The molecule has 0 aliphatic rings. The maximum atomic E-state index is 6.62. The molecule has 10 rings (SSSR count). The van der Waals surface area contributed by atoms with Crippen LogP contribution in [0.3, 0.4) is 0 Å². The topological polar surface area (TPSA) is 51.8 Å². The van der Waals surface area contributed by atoms with E-state index in [1.165, 1.54) is 27.6 Å². The van der Waals surface area contributed by atoms with Gasteiger partial charge in [0, 0.05) is 28.6 Å². The van der Waals surface area contributed by atoms with E-state index in [2.05, 4.69) is 149 Å². The first kappa shape index (κ1) is 30.6. The molecular weight excluding hydrogens is 647 g/mol. The monoisotopic (exact) mass is 677 g/mol. The van der Waals surface area contributed by atoms with Crippen molar-refractivity contribution in [2.45, 2.75) is 0 Å². The third-order valence-corrected chi connectivity index (χ3v) is 10.0. The molecule has 4 heterocycles. The van der Waals surface area contributed by atoms with Crippen molar-refractivity contribution >= 4 is 32.7 Å². The van der Waals surface area contributed by atoms with Crippen LogP contribution in [-0.2, 0) is 0 Å². The second-order valence-corrected chi connectivity index (χ2v) is 13.2. The van der Waals surface area contributed by atoms with Crippen molar-refractivity contribution in [3.8, 4) is 67.3 Å². The van der Waals surface area contributed by atoms with E-state index in [0.29, 0.717) is 0 Å². The first-order chi connectivity index (χ1) is 26.3. The first-order valence-corrected chi connectivity index (χ1v) is 17.8. The molecule has 0 saturated carbocycles. The van der Waals surface area contributed by atoms with Gasteiger partial charge in [-0.3, -0.25) is 9.97 Å². The van der Waals surface area contributed by atoms with E-state index in [-0.39, 0.29) is 0 Å². The number of hydrogen-bond acceptors (Lipinski definition) is 4. The zero-order chi connectivity index (χ0) is 35.1. The van der Waals surface area contributed by atoms with E-state index in [4.69, 9.17) is 9.40 Å². The highest BCUT2D eigenvalue weighted by Gasteiger charge is 2.18. The van der Waals surface area contributed by atoms with Crippen LogP contribution in [-0.4, -0.2) is 15.0 Å². The molecule has 4 aromatic heterocycles. The van der Waals surface area contributed by atoms with Gasteiger partial charge in [-0.05, 0) is 104 Å². The number of hydrogen-bond donors (Lipinski definition) is 0. The zero-order valence-electron chi connectivity index (χ0n) is 28.6. The minimum Gasteiger partial charge on any atom is -0.455 e. The fourth-order valence-corrected chi connectivity index (χ4v) is 7.43. The molecular formula is C49H31N3O. The highest BCUT2D eigenvalue weighted by Crippen LogP contribution is 2.43. The maximum absolute atomic E-state index is 6.62. The van der Waals surface area contributed by atoms with E-state index in [1.54, 1.807) is 12.4 Å². The summed E-state index contributed by atoms with van der Waals surface area (Å²) in [6.07, 6.45) is 3.60. The van der Waals surface area contributed by atoms with Gasteiger partial charge in [0.05, 0.1) is 22.8 Å². The van der Waals surface area contributed by atoms with E-state index < -0.39 is 0 Å². The maximum Gasteiger partial charge on any atom is 0.143 e. The molecule has 53 heavy (non-hydrogen) atoms. The average molecular weight is 678 g/mol. The van der Waals surface area contributed by atoms with Gasteiger partial charge >= 0.3 is 0 Å². The van der Waals surface area contributed by atoms with Crippen LogP contribution >= 0.6 is 0 Å². The number of aromatic nitrogens is 3. The van der Waals surface area contributed by atoms with Gasteiger partial charge in [-0.2, -0.15) is 0 Å². The smallest absolute Gasteiger partial charge is 0.143 e. The van der Waals surface area contributed by atoms with Gasteiger partial charge in [-0.25, -0.2) is 4.98 Å². The predicted octanol–water partition coefficient (Wildman–Crippen LogP) is 12.9. The Balaban J connectivity index is 1.08. The van der Waals surface area contributed by atoms with Crippen LogP contribution in [0.1, 0.15) is 0 Å². The summed E-state index contributed by atoms with van der Waals surface area (Å²) in [5.74, 6) is 0. The molecule has 0 saturated heterocycles. The molecule has 0 atom stereocenters. The predicted molar refractivity (Wildman–Crippen MR) is 217 cm³/mol. The van der Waals surface area contributed by atoms with Crippen molar-refractivity contribution in [1.29, 1.82) is 0 Å². The lowest BCUT2D eigenvalue weighted by Gasteiger charge is -2.13. The molecule has 0 aliphatic carbocycles. The minimum atomic E-state index is 0.809. The highest BCUT2D eigenvalue weighted by molar-refractivity contribution is 6.20. The summed E-state index contributed by atoms with van der Waals surface area (Å²) in [7, 11) is 0. The summed E-state index contributed by atoms with van der Waals surface area (Å²) in [6, 6.07) is 61.4. The molecule has 0 spiro atoms. The number of pyridine rings is 3. The van der Waals surface area contributed by atoms with Crippen molar-refractivity contribution in [1.82, 2.24) is 15.0 Å². The quantitative estimate of drug-likeness (QED) is 0.176. The summed E-state index contributed by atoms with van der Waals surface area (Å²) in [5, 5.41) is 4.49. The largest absolute Gasteiger partial charge is 0.455 e. The number of benzene rings is 6. The van der Waals surface area contributed by atoms with Crippen molar-refractivity contribution in [2.24, 2.45) is 0 Å². The lowest BCUT2D eigenvalue weighted by atomic mass is 9.90. The summed E-state index contributed by atoms with van der Waals surface area (Å²) in [4.78, 5) is 14.1. The van der Waals surface area contributed by atoms with Gasteiger partial charge in [0.1, 0.15) is 11.2 Å². The average Bonchev–Trinajstić information content (AvgIpc) is 3.62. The Morgan fingerprint density at radius 3 is 1.58 bits per heavy atom. The molecule has 0 N–H and O–H groups in total. The van der Waals surface area contributed by atoms with Crippen LogP contribution < -0.4 is 0 Å². The van der Waals surface area contributed by atoms with Crippen LogP contribution in [0.15, 0.2) is 193 Å². The summed E-state index contributed by atoms with van der Waals surface area (Å²) in [5.41, 5.74) is 14.3. The third-order valence-electron chi connectivity index (χ3n) is 10.0. The van der Waals surface area contributed by atoms with E-state index in [1.807, 2.05) is 36.4 Å². The Hall–Kier alpha value is -7.17. The molecule has 248 valence electrons. The Bertz CT molecular complexity index is 2860. The summed E-state index contributed by atoms with van der Waals surface area (Å²) < 4.78 is 6.62. The van der Waals surface area contributed by atoms with E-state index >= 15 is 0 Å². The number of furan rings is 1. The standard InChI is InChI=1S/C49H31N3O/c1-2-12-34(13-3-1)37-14-4-5-15-38(37)41-31-43-42-28-35(24-25-48(42)53-49(43)40-17-7-6-16-39(40)41)32-20-22-33(23-21-32)36-29-46(44-18-8-10-26-50-44)52-47(30-36)45-19-9-11-27-51-45/h1-31H. The fraction of sp³-hybridized carbons (Fsp3) is 0. The Morgan fingerprint density at radius 2 is 0.906 bits per heavy atom. The van der Waals surface area contributed by atoms with Gasteiger partial charge in [0.2, 0.25) is 0 Å². The van der Waals surface area contributed by atoms with Crippen LogP contribution in [0.2, 0.25) is 0 Å². The first-order valence-electron chi connectivity index (χ1n) is 17.8. The van der Waals surface area contributed by atoms with E-state index in [0.717, 1.165) is 72.4 Å². The SMILES string of the molecule is c1ccc(-c2ccccc2-c2cc3c4cc(-c5ccc(-c6cc(-c7ccccn7)nc(-c7ccccn7)c6)cc5)ccc4oc3c3ccccc23)cc1. The summed E-state index contributed by atoms with van der Waals surface area (Å²) >= 11 is 0. The Kier molecular flexibility index (Phi) is 7.43. The van der Waals surface area contributed by atoms with Crippen molar-refractivity contribution in [3.63, 3.8) is 0 Å². The normalized spacial score (nSPS) is 11.4. The molecule has 0 fully saturated rings. The Labute approximate surface area is 306 Å². The zero-order valence-corrected chi connectivity index (χ0v) is 28.6. The lowest BCUT2D eigenvalue weighted by Crippen LogP contribution is -1.93. The second kappa shape index (κ2) is 12.9. The number of nitrogens with zero attached hydrogens (tertiary/aromatic N) is 3. The van der Waals surface area contributed by atoms with Crippen molar-refractivity contribution < 1.29 is 4.42 Å². The van der Waals surface area contributed by atoms with Crippen LogP contribution in [0, 0.1) is 0 Å². The van der Waals surface area contributed by atoms with Crippen LogP contribution in [0.4, 0.5) is 0 Å². The molecule has 10 aromatic rings. The van der Waals surface area contributed by atoms with Crippen molar-refractivity contribution in [2.75, 3.05) is 0 Å². The molecule has 0 unspecified atom stereocenters. The highest BCUT2D eigenvalue weighted by atomic mass is 16.3. The molecule has 0 radical (unpaired) electrons. The number of rotatable bonds is 6. The molecule has 4 heteroatoms. The van der Waals surface area contributed by atoms with Crippen molar-refractivity contribution in [3.05, 3.63) is 188 Å². The molecule has 4 nitrogen and oxygen atoms in total. The lowest BCUT2D eigenvalue weighted by molar-refractivity contribution is 0.673. The van der Waals surface area contributed by atoms with Gasteiger partial charge in [-0.1, -0.05) is 121 Å². The molecule has 0 amide bonds. The second-order valence-electron chi connectivity index (χ2n) is 13.2. The number of fused-ring (bicyclic) bond motifs is 5.